The first-order chi connectivity index (χ1) is 16.5. The van der Waals surface area contributed by atoms with Crippen LogP contribution in [0.25, 0.3) is 0 Å². The van der Waals surface area contributed by atoms with E-state index in [1.165, 1.54) is 44.9 Å². The monoisotopic (exact) mass is 482 g/mol. The summed E-state index contributed by atoms with van der Waals surface area (Å²) in [6.45, 7) is 9.15. The Morgan fingerprint density at radius 1 is 0.765 bits per heavy atom. The standard InChI is InChI=1S/C29H54O5/c1-5-9-10-11-12-13-14-15-16-17-18-19-20-21-22-23-24-29(31,25-27(30)32-6-2)26-28(33-7-3)34-8-4/h12-13,15-16,28,31H,5-11,14,17-26H2,1-4H3/b13-12+,16-15+. The van der Waals surface area contributed by atoms with Gasteiger partial charge in [0.25, 0.3) is 0 Å². The minimum absolute atomic E-state index is 0.0161. The van der Waals surface area contributed by atoms with E-state index in [9.17, 15) is 9.90 Å². The molecule has 0 saturated heterocycles. The number of carbonyl (C=O) groups is 1. The second-order valence-corrected chi connectivity index (χ2v) is 9.08. The third kappa shape index (κ3) is 20.2. The Hall–Kier alpha value is -1.17. The quantitative estimate of drug-likeness (QED) is 0.0662. The number of unbranched alkanes of at least 4 members (excludes halogenated alkanes) is 9. The molecule has 5 nitrogen and oxygen atoms in total. The van der Waals surface area contributed by atoms with Crippen LogP contribution in [-0.4, -0.2) is 42.8 Å². The Balaban J connectivity index is 4.10. The van der Waals surface area contributed by atoms with Crippen LogP contribution in [-0.2, 0) is 19.0 Å². The van der Waals surface area contributed by atoms with Crippen LogP contribution in [0.5, 0.6) is 0 Å². The highest BCUT2D eigenvalue weighted by molar-refractivity contribution is 5.70. The first-order valence-electron chi connectivity index (χ1n) is 13.9. The average molecular weight is 483 g/mol. The molecule has 0 rings (SSSR count). The molecule has 0 aliphatic heterocycles. The summed E-state index contributed by atoms with van der Waals surface area (Å²) in [5.74, 6) is -0.364. The van der Waals surface area contributed by atoms with Gasteiger partial charge >= 0.3 is 5.97 Å². The van der Waals surface area contributed by atoms with E-state index < -0.39 is 11.9 Å². The predicted molar refractivity (Wildman–Crippen MR) is 142 cm³/mol. The van der Waals surface area contributed by atoms with Crippen LogP contribution in [0.3, 0.4) is 0 Å². The molecule has 0 fully saturated rings. The molecule has 0 spiro atoms. The Morgan fingerprint density at radius 2 is 1.32 bits per heavy atom. The topological polar surface area (TPSA) is 65.0 Å². The highest BCUT2D eigenvalue weighted by Crippen LogP contribution is 2.27. The Labute approximate surface area is 210 Å². The summed E-state index contributed by atoms with van der Waals surface area (Å²) in [6, 6.07) is 0. The summed E-state index contributed by atoms with van der Waals surface area (Å²) in [6.07, 6.45) is 23.6. The summed E-state index contributed by atoms with van der Waals surface area (Å²) in [7, 11) is 0. The highest BCUT2D eigenvalue weighted by Gasteiger charge is 2.34. The van der Waals surface area contributed by atoms with Gasteiger partial charge in [0.05, 0.1) is 18.6 Å². The SMILES string of the molecule is CCCCC/C=C/C/C=C/CCCCCCCCC(O)(CC(=O)OCC)CC(OCC)OCC. The molecule has 1 N–H and O–H groups in total. The fraction of sp³-hybridized carbons (Fsp3) is 0.828. The summed E-state index contributed by atoms with van der Waals surface area (Å²) < 4.78 is 16.3. The van der Waals surface area contributed by atoms with Crippen LogP contribution in [0, 0.1) is 0 Å². The molecule has 0 aliphatic rings. The highest BCUT2D eigenvalue weighted by atomic mass is 16.7. The summed E-state index contributed by atoms with van der Waals surface area (Å²) in [4.78, 5) is 12.1. The van der Waals surface area contributed by atoms with E-state index >= 15 is 0 Å². The molecule has 1 atom stereocenters. The Morgan fingerprint density at radius 3 is 1.88 bits per heavy atom. The van der Waals surface area contributed by atoms with Gasteiger partial charge in [0.1, 0.15) is 0 Å². The first kappa shape index (κ1) is 32.8. The number of rotatable bonds is 24. The number of aliphatic hydroxyl groups is 1. The van der Waals surface area contributed by atoms with Crippen molar-refractivity contribution < 1.29 is 24.1 Å². The van der Waals surface area contributed by atoms with E-state index in [0.717, 1.165) is 32.1 Å². The van der Waals surface area contributed by atoms with E-state index in [-0.39, 0.29) is 18.8 Å². The smallest absolute Gasteiger partial charge is 0.308 e. The van der Waals surface area contributed by atoms with Gasteiger partial charge in [-0.3, -0.25) is 4.79 Å². The summed E-state index contributed by atoms with van der Waals surface area (Å²) >= 11 is 0. The van der Waals surface area contributed by atoms with Crippen LogP contribution in [0.2, 0.25) is 0 Å². The fourth-order valence-corrected chi connectivity index (χ4v) is 4.03. The zero-order valence-electron chi connectivity index (χ0n) is 22.7. The molecule has 1 unspecified atom stereocenters. The molecule has 0 aromatic rings. The van der Waals surface area contributed by atoms with Crippen molar-refractivity contribution in [1.82, 2.24) is 0 Å². The second kappa shape index (κ2) is 23.6. The number of allylic oxidation sites excluding steroid dienone is 4. The van der Waals surface area contributed by atoms with E-state index in [4.69, 9.17) is 14.2 Å². The van der Waals surface area contributed by atoms with Crippen molar-refractivity contribution >= 4 is 5.97 Å². The molecule has 0 radical (unpaired) electrons. The van der Waals surface area contributed by atoms with Gasteiger partial charge in [0.15, 0.2) is 6.29 Å². The number of hydrogen-bond acceptors (Lipinski definition) is 5. The Kier molecular flexibility index (Phi) is 22.8. The second-order valence-electron chi connectivity index (χ2n) is 9.08. The lowest BCUT2D eigenvalue weighted by Gasteiger charge is -2.31. The van der Waals surface area contributed by atoms with Gasteiger partial charge in [-0.15, -0.1) is 0 Å². The van der Waals surface area contributed by atoms with Crippen molar-refractivity contribution in [1.29, 1.82) is 0 Å². The van der Waals surface area contributed by atoms with Gasteiger partial charge in [0, 0.05) is 19.6 Å². The van der Waals surface area contributed by atoms with Gasteiger partial charge in [-0.2, -0.15) is 0 Å². The van der Waals surface area contributed by atoms with Crippen LogP contribution in [0.4, 0.5) is 0 Å². The lowest BCUT2D eigenvalue weighted by Crippen LogP contribution is -2.38. The fourth-order valence-electron chi connectivity index (χ4n) is 4.03. The van der Waals surface area contributed by atoms with Gasteiger partial charge in [-0.25, -0.2) is 0 Å². The third-order valence-electron chi connectivity index (χ3n) is 5.87. The molecule has 200 valence electrons. The lowest BCUT2D eigenvalue weighted by molar-refractivity contribution is -0.177. The van der Waals surface area contributed by atoms with Crippen molar-refractivity contribution in [3.8, 4) is 0 Å². The third-order valence-corrected chi connectivity index (χ3v) is 5.87. The molecule has 0 aromatic carbocycles. The Bertz CT molecular complexity index is 511. The molecule has 34 heavy (non-hydrogen) atoms. The number of ether oxygens (including phenoxy) is 3. The van der Waals surface area contributed by atoms with Crippen molar-refractivity contribution in [2.24, 2.45) is 0 Å². The molecule has 0 bridgehead atoms. The largest absolute Gasteiger partial charge is 0.466 e. The van der Waals surface area contributed by atoms with Crippen molar-refractivity contribution in [3.63, 3.8) is 0 Å². The van der Waals surface area contributed by atoms with Crippen LogP contribution in [0.15, 0.2) is 24.3 Å². The van der Waals surface area contributed by atoms with Gasteiger partial charge in [-0.1, -0.05) is 76.2 Å². The van der Waals surface area contributed by atoms with Crippen molar-refractivity contribution in [2.75, 3.05) is 19.8 Å². The maximum Gasteiger partial charge on any atom is 0.308 e. The zero-order chi connectivity index (χ0) is 25.3. The minimum atomic E-state index is -1.16. The van der Waals surface area contributed by atoms with Gasteiger partial charge in [-0.05, 0) is 59.3 Å². The molecular formula is C29H54O5. The normalized spacial score (nSPS) is 13.8. The molecule has 0 aliphatic carbocycles. The van der Waals surface area contributed by atoms with Crippen LogP contribution in [0.1, 0.15) is 124 Å². The maximum absolute atomic E-state index is 12.1. The zero-order valence-corrected chi connectivity index (χ0v) is 22.7. The van der Waals surface area contributed by atoms with Crippen LogP contribution < -0.4 is 0 Å². The van der Waals surface area contributed by atoms with Gasteiger partial charge in [0.2, 0.25) is 0 Å². The van der Waals surface area contributed by atoms with Crippen molar-refractivity contribution in [2.45, 2.75) is 136 Å². The summed E-state index contributed by atoms with van der Waals surface area (Å²) in [5.41, 5.74) is -1.16. The van der Waals surface area contributed by atoms with E-state index in [0.29, 0.717) is 26.2 Å². The molecule has 0 aromatic heterocycles. The van der Waals surface area contributed by atoms with E-state index in [2.05, 4.69) is 31.2 Å². The molecule has 0 saturated carbocycles. The minimum Gasteiger partial charge on any atom is -0.466 e. The number of esters is 1. The molecular weight excluding hydrogens is 428 g/mol. The van der Waals surface area contributed by atoms with Gasteiger partial charge < -0.3 is 19.3 Å². The number of hydrogen-bond donors (Lipinski definition) is 1. The molecule has 5 heteroatoms. The van der Waals surface area contributed by atoms with Crippen molar-refractivity contribution in [3.05, 3.63) is 24.3 Å². The predicted octanol–water partition coefficient (Wildman–Crippen LogP) is 7.66. The lowest BCUT2D eigenvalue weighted by atomic mass is 9.88. The average Bonchev–Trinajstić information content (AvgIpc) is 2.79. The molecule has 0 heterocycles. The van der Waals surface area contributed by atoms with Crippen LogP contribution >= 0.6 is 0 Å². The molecule has 0 amide bonds. The van der Waals surface area contributed by atoms with E-state index in [1.54, 1.807) is 6.92 Å². The van der Waals surface area contributed by atoms with E-state index in [1.807, 2.05) is 13.8 Å². The maximum atomic E-state index is 12.1. The summed E-state index contributed by atoms with van der Waals surface area (Å²) in [5, 5.41) is 11.2. The number of carbonyl (C=O) groups excluding carboxylic acids is 1. The first-order valence-corrected chi connectivity index (χ1v) is 13.9.